The molecule has 0 amide bonds. The molecule has 3 nitrogen and oxygen atoms in total. The van der Waals surface area contributed by atoms with Crippen LogP contribution in [-0.2, 0) is 0 Å². The number of nitrogens with zero attached hydrogens (tertiary/aromatic N) is 1. The molecular formula is C15H22BrFN2O. The minimum absolute atomic E-state index is 0.0421. The SMILES string of the molecule is Cc1cc(Br)cc([C@H](CCCO)N2CCNCC2)c1F. The molecule has 1 heterocycles. The lowest BCUT2D eigenvalue weighted by molar-refractivity contribution is 0.151. The summed E-state index contributed by atoms with van der Waals surface area (Å²) in [5.41, 5.74) is 1.41. The number of aryl methyl sites for hydroxylation is 1. The van der Waals surface area contributed by atoms with Gasteiger partial charge in [-0.25, -0.2) is 4.39 Å². The second kappa shape index (κ2) is 7.50. The largest absolute Gasteiger partial charge is 0.396 e. The summed E-state index contributed by atoms with van der Waals surface area (Å²) >= 11 is 3.46. The van der Waals surface area contributed by atoms with E-state index in [2.05, 4.69) is 26.1 Å². The Labute approximate surface area is 128 Å². The van der Waals surface area contributed by atoms with Gasteiger partial charge in [-0.1, -0.05) is 15.9 Å². The van der Waals surface area contributed by atoms with E-state index in [0.717, 1.165) is 42.6 Å². The number of halogens is 2. The summed E-state index contributed by atoms with van der Waals surface area (Å²) in [7, 11) is 0. The predicted octanol–water partition coefficient (Wildman–Crippen LogP) is 2.62. The van der Waals surface area contributed by atoms with Crippen molar-refractivity contribution in [2.75, 3.05) is 32.8 Å². The zero-order chi connectivity index (χ0) is 14.5. The van der Waals surface area contributed by atoms with Gasteiger partial charge < -0.3 is 10.4 Å². The van der Waals surface area contributed by atoms with Crippen molar-refractivity contribution in [3.05, 3.63) is 33.5 Å². The first-order chi connectivity index (χ1) is 9.63. The molecule has 1 aliphatic rings. The standard InChI is InChI=1S/C15H22BrFN2O/c1-11-9-12(16)10-13(15(11)17)14(3-2-8-20)19-6-4-18-5-7-19/h9-10,14,18,20H,2-8H2,1H3/t14-/m0/s1. The Morgan fingerprint density at radius 3 is 2.75 bits per heavy atom. The number of aliphatic hydroxyl groups excluding tert-OH is 1. The molecule has 0 bridgehead atoms. The second-order valence-electron chi connectivity index (χ2n) is 5.29. The van der Waals surface area contributed by atoms with Gasteiger partial charge in [0.2, 0.25) is 0 Å². The van der Waals surface area contributed by atoms with Gasteiger partial charge in [0.1, 0.15) is 5.82 Å². The van der Waals surface area contributed by atoms with Gasteiger partial charge in [-0.3, -0.25) is 4.90 Å². The molecule has 1 aromatic carbocycles. The Morgan fingerprint density at radius 1 is 1.40 bits per heavy atom. The third kappa shape index (κ3) is 3.79. The van der Waals surface area contributed by atoms with E-state index in [1.165, 1.54) is 0 Å². The molecule has 0 aromatic heterocycles. The molecule has 0 saturated carbocycles. The van der Waals surface area contributed by atoms with Crippen LogP contribution in [-0.4, -0.2) is 42.8 Å². The predicted molar refractivity (Wildman–Crippen MR) is 82.3 cm³/mol. The highest BCUT2D eigenvalue weighted by atomic mass is 79.9. The second-order valence-corrected chi connectivity index (χ2v) is 6.21. The molecule has 1 fully saturated rings. The first-order valence-electron chi connectivity index (χ1n) is 7.14. The van der Waals surface area contributed by atoms with E-state index in [-0.39, 0.29) is 18.5 Å². The highest BCUT2D eigenvalue weighted by Crippen LogP contribution is 2.31. The number of benzene rings is 1. The van der Waals surface area contributed by atoms with E-state index in [9.17, 15) is 4.39 Å². The molecule has 2 rings (SSSR count). The first kappa shape index (κ1) is 15.9. The molecule has 5 heteroatoms. The number of rotatable bonds is 5. The van der Waals surface area contributed by atoms with Gasteiger partial charge in [-0.2, -0.15) is 0 Å². The Bertz CT molecular complexity index is 450. The molecular weight excluding hydrogens is 323 g/mol. The van der Waals surface area contributed by atoms with Crippen molar-refractivity contribution in [2.45, 2.75) is 25.8 Å². The summed E-state index contributed by atoms with van der Waals surface area (Å²) in [5.74, 6) is -0.116. The van der Waals surface area contributed by atoms with Crippen LogP contribution < -0.4 is 5.32 Å². The van der Waals surface area contributed by atoms with Gasteiger partial charge in [-0.15, -0.1) is 0 Å². The van der Waals surface area contributed by atoms with Crippen LogP contribution in [0.3, 0.4) is 0 Å². The molecule has 1 atom stereocenters. The summed E-state index contributed by atoms with van der Waals surface area (Å²) in [5, 5.41) is 12.4. The fourth-order valence-corrected chi connectivity index (χ4v) is 3.40. The quantitative estimate of drug-likeness (QED) is 0.861. The topological polar surface area (TPSA) is 35.5 Å². The lowest BCUT2D eigenvalue weighted by atomic mass is 9.97. The highest BCUT2D eigenvalue weighted by Gasteiger charge is 2.25. The summed E-state index contributed by atoms with van der Waals surface area (Å²) < 4.78 is 15.4. The number of piperazine rings is 1. The summed E-state index contributed by atoms with van der Waals surface area (Å²) in [6, 6.07) is 3.73. The van der Waals surface area contributed by atoms with Gasteiger partial charge in [-0.05, 0) is 37.5 Å². The van der Waals surface area contributed by atoms with Crippen LogP contribution >= 0.6 is 15.9 Å². The molecule has 2 N–H and O–H groups in total. The van der Waals surface area contributed by atoms with E-state index in [4.69, 9.17) is 5.11 Å². The maximum atomic E-state index is 14.5. The van der Waals surface area contributed by atoms with Crippen LogP contribution in [0.1, 0.15) is 30.0 Å². The van der Waals surface area contributed by atoms with Crippen LogP contribution in [0.25, 0.3) is 0 Å². The molecule has 1 aliphatic heterocycles. The zero-order valence-electron chi connectivity index (χ0n) is 11.8. The minimum atomic E-state index is -0.116. The van der Waals surface area contributed by atoms with Crippen LogP contribution in [0.5, 0.6) is 0 Å². The molecule has 0 spiro atoms. The van der Waals surface area contributed by atoms with Crippen molar-refractivity contribution in [2.24, 2.45) is 0 Å². The average molecular weight is 345 g/mol. The summed E-state index contributed by atoms with van der Waals surface area (Å²) in [6.45, 7) is 5.65. The Hall–Kier alpha value is -0.490. The zero-order valence-corrected chi connectivity index (χ0v) is 13.4. The lowest BCUT2D eigenvalue weighted by Crippen LogP contribution is -2.45. The lowest BCUT2D eigenvalue weighted by Gasteiger charge is -2.35. The fourth-order valence-electron chi connectivity index (χ4n) is 2.81. The Balaban J connectivity index is 2.29. The number of hydrogen-bond acceptors (Lipinski definition) is 3. The third-order valence-corrected chi connectivity index (χ3v) is 4.29. The smallest absolute Gasteiger partial charge is 0.130 e. The van der Waals surface area contributed by atoms with Crippen molar-refractivity contribution in [1.82, 2.24) is 10.2 Å². The Kier molecular flexibility index (Phi) is 5.96. The van der Waals surface area contributed by atoms with E-state index < -0.39 is 0 Å². The van der Waals surface area contributed by atoms with Crippen molar-refractivity contribution in [3.8, 4) is 0 Å². The third-order valence-electron chi connectivity index (χ3n) is 3.83. The van der Waals surface area contributed by atoms with Crippen LogP contribution in [0.4, 0.5) is 4.39 Å². The van der Waals surface area contributed by atoms with E-state index >= 15 is 0 Å². The summed E-state index contributed by atoms with van der Waals surface area (Å²) in [6.07, 6.45) is 1.48. The van der Waals surface area contributed by atoms with Crippen molar-refractivity contribution < 1.29 is 9.50 Å². The van der Waals surface area contributed by atoms with Gasteiger partial charge in [0.25, 0.3) is 0 Å². The van der Waals surface area contributed by atoms with Crippen molar-refractivity contribution in [1.29, 1.82) is 0 Å². The van der Waals surface area contributed by atoms with Crippen LogP contribution in [0, 0.1) is 12.7 Å². The molecule has 0 unspecified atom stereocenters. The fraction of sp³-hybridized carbons (Fsp3) is 0.600. The van der Waals surface area contributed by atoms with Gasteiger partial charge >= 0.3 is 0 Å². The van der Waals surface area contributed by atoms with Crippen molar-refractivity contribution >= 4 is 15.9 Å². The number of hydrogen-bond donors (Lipinski definition) is 2. The van der Waals surface area contributed by atoms with Crippen molar-refractivity contribution in [3.63, 3.8) is 0 Å². The van der Waals surface area contributed by atoms with Gasteiger partial charge in [0, 0.05) is 48.9 Å². The molecule has 112 valence electrons. The van der Waals surface area contributed by atoms with E-state index in [1.54, 1.807) is 13.0 Å². The van der Waals surface area contributed by atoms with Crippen LogP contribution in [0.2, 0.25) is 0 Å². The normalized spacial score (nSPS) is 18.2. The molecule has 20 heavy (non-hydrogen) atoms. The highest BCUT2D eigenvalue weighted by molar-refractivity contribution is 9.10. The molecule has 0 radical (unpaired) electrons. The molecule has 1 aromatic rings. The minimum Gasteiger partial charge on any atom is -0.396 e. The summed E-state index contributed by atoms with van der Waals surface area (Å²) in [4.78, 5) is 2.32. The van der Waals surface area contributed by atoms with E-state index in [1.807, 2.05) is 6.07 Å². The average Bonchev–Trinajstić information content (AvgIpc) is 2.45. The number of nitrogens with one attached hydrogen (secondary N) is 1. The maximum Gasteiger partial charge on any atom is 0.130 e. The Morgan fingerprint density at radius 2 is 2.10 bits per heavy atom. The first-order valence-corrected chi connectivity index (χ1v) is 7.94. The molecule has 0 aliphatic carbocycles. The monoisotopic (exact) mass is 344 g/mol. The van der Waals surface area contributed by atoms with Gasteiger partial charge in [0.05, 0.1) is 0 Å². The maximum absolute atomic E-state index is 14.5. The van der Waals surface area contributed by atoms with Crippen LogP contribution in [0.15, 0.2) is 16.6 Å². The van der Waals surface area contributed by atoms with E-state index in [0.29, 0.717) is 12.0 Å². The molecule has 1 saturated heterocycles. The van der Waals surface area contributed by atoms with Gasteiger partial charge in [0.15, 0.2) is 0 Å². The number of aliphatic hydroxyl groups is 1.